The van der Waals surface area contributed by atoms with Gasteiger partial charge in [-0.1, -0.05) is 26.0 Å². The highest BCUT2D eigenvalue weighted by Crippen LogP contribution is 2.16. The Morgan fingerprint density at radius 2 is 1.75 bits per heavy atom. The molecule has 4 nitrogen and oxygen atoms in total. The van der Waals surface area contributed by atoms with Crippen LogP contribution in [-0.2, 0) is 4.79 Å². The number of anilines is 1. The summed E-state index contributed by atoms with van der Waals surface area (Å²) in [6, 6.07) is 8.81. The fourth-order valence-electron chi connectivity index (χ4n) is 2.07. The lowest BCUT2D eigenvalue weighted by molar-refractivity contribution is -0.890. The number of hydrogen-bond donors (Lipinski definition) is 2. The Morgan fingerprint density at radius 3 is 2.15 bits per heavy atom. The molecule has 0 unspecified atom stereocenters. The number of carbonyl (C=O) groups excluding carboxylic acids is 1. The second-order valence-electron chi connectivity index (χ2n) is 6.02. The number of hydrogen-bond acceptors (Lipinski definition) is 2. The van der Waals surface area contributed by atoms with Crippen LogP contribution in [0.4, 0.5) is 5.69 Å². The predicted octanol–water partition coefficient (Wildman–Crippen LogP) is 0.710. The van der Waals surface area contributed by atoms with Crippen LogP contribution in [0.25, 0.3) is 0 Å². The molecule has 0 bridgehead atoms. The van der Waals surface area contributed by atoms with Crippen LogP contribution in [0.15, 0.2) is 24.3 Å². The van der Waals surface area contributed by atoms with E-state index in [1.165, 1.54) is 16.2 Å². The fraction of sp³-hybridized carbons (Fsp3) is 0.562. The third-order valence-corrected chi connectivity index (χ3v) is 3.51. The Kier molecular flexibility index (Phi) is 6.02. The number of nitrogens with one attached hydrogen (secondary N) is 2. The summed E-state index contributed by atoms with van der Waals surface area (Å²) in [6.07, 6.45) is 0. The van der Waals surface area contributed by atoms with Gasteiger partial charge in [-0.25, -0.2) is 0 Å². The zero-order valence-corrected chi connectivity index (χ0v) is 13.5. The molecule has 1 aromatic carbocycles. The topological polar surface area (TPSA) is 36.8 Å². The number of quaternary nitrogens is 1. The van der Waals surface area contributed by atoms with E-state index in [1.807, 2.05) is 27.9 Å². The number of benzene rings is 1. The zero-order valence-electron chi connectivity index (χ0n) is 13.5. The van der Waals surface area contributed by atoms with Crippen molar-refractivity contribution in [3.63, 3.8) is 0 Å². The monoisotopic (exact) mass is 278 g/mol. The molecular weight excluding hydrogens is 250 g/mol. The number of amides is 1. The van der Waals surface area contributed by atoms with Crippen molar-refractivity contribution in [3.05, 3.63) is 29.8 Å². The number of nitrogens with zero attached hydrogens (tertiary/aromatic N) is 1. The minimum absolute atomic E-state index is 0.0314. The molecule has 2 N–H and O–H groups in total. The maximum absolute atomic E-state index is 11.7. The Labute approximate surface area is 122 Å². The van der Waals surface area contributed by atoms with Gasteiger partial charge in [0.25, 0.3) is 0 Å². The second-order valence-corrected chi connectivity index (χ2v) is 6.02. The van der Waals surface area contributed by atoms with Crippen LogP contribution in [0.2, 0.25) is 0 Å². The summed E-state index contributed by atoms with van der Waals surface area (Å²) in [5.41, 5.74) is 2.44. The summed E-state index contributed by atoms with van der Waals surface area (Å²) >= 11 is 0. The molecule has 0 aromatic heterocycles. The van der Waals surface area contributed by atoms with Crippen LogP contribution in [-0.4, -0.2) is 40.6 Å². The molecule has 4 heteroatoms. The van der Waals surface area contributed by atoms with E-state index in [0.717, 1.165) is 0 Å². The van der Waals surface area contributed by atoms with Crippen molar-refractivity contribution in [2.24, 2.45) is 5.92 Å². The van der Waals surface area contributed by atoms with E-state index in [-0.39, 0.29) is 17.9 Å². The molecule has 0 heterocycles. The molecule has 0 saturated carbocycles. The quantitative estimate of drug-likeness (QED) is 0.804. The van der Waals surface area contributed by atoms with E-state index in [0.29, 0.717) is 6.54 Å². The normalized spacial score (nSPS) is 12.6. The fourth-order valence-corrected chi connectivity index (χ4v) is 2.07. The van der Waals surface area contributed by atoms with Crippen LogP contribution in [0.3, 0.4) is 0 Å². The Morgan fingerprint density at radius 1 is 1.20 bits per heavy atom. The summed E-state index contributed by atoms with van der Waals surface area (Å²) in [5, 5.41) is 3.03. The lowest BCUT2D eigenvalue weighted by Gasteiger charge is -2.23. The Bertz CT molecular complexity index is 424. The minimum Gasteiger partial charge on any atom is -0.378 e. The van der Waals surface area contributed by atoms with Crippen molar-refractivity contribution in [3.8, 4) is 0 Å². The third-order valence-electron chi connectivity index (χ3n) is 3.51. The first-order valence-electron chi connectivity index (χ1n) is 7.18. The van der Waals surface area contributed by atoms with Gasteiger partial charge in [-0.2, -0.15) is 0 Å². The van der Waals surface area contributed by atoms with E-state index < -0.39 is 0 Å². The Hall–Kier alpha value is -1.55. The zero-order chi connectivity index (χ0) is 15.3. The van der Waals surface area contributed by atoms with Crippen LogP contribution in [0.1, 0.15) is 25.5 Å². The van der Waals surface area contributed by atoms with Crippen molar-refractivity contribution < 1.29 is 9.69 Å². The maximum atomic E-state index is 11.7. The third kappa shape index (κ3) is 4.53. The van der Waals surface area contributed by atoms with Gasteiger partial charge in [0.2, 0.25) is 5.91 Å². The van der Waals surface area contributed by atoms with Crippen LogP contribution in [0.5, 0.6) is 0 Å². The molecule has 1 rings (SSSR count). The van der Waals surface area contributed by atoms with Gasteiger partial charge in [-0.15, -0.1) is 0 Å². The van der Waals surface area contributed by atoms with E-state index >= 15 is 0 Å². The average molecular weight is 278 g/mol. The lowest BCUT2D eigenvalue weighted by atomic mass is 10.0. The molecule has 0 aliphatic carbocycles. The molecule has 0 radical (unpaired) electrons. The van der Waals surface area contributed by atoms with Gasteiger partial charge in [-0.3, -0.25) is 4.79 Å². The average Bonchev–Trinajstić information content (AvgIpc) is 2.38. The van der Waals surface area contributed by atoms with E-state index in [9.17, 15) is 4.79 Å². The van der Waals surface area contributed by atoms with Gasteiger partial charge < -0.3 is 15.1 Å². The smallest absolute Gasteiger partial charge is 0.222 e. The standard InChI is InChI=1S/C16H27N3O/c1-12(2)16(20)17-11-15(19(5)6)13-7-9-14(10-8-13)18(3)4/h7-10,12,15H,11H2,1-6H3,(H,17,20)/p+1/t15-/m0/s1. The van der Waals surface area contributed by atoms with Crippen LogP contribution < -0.4 is 15.1 Å². The van der Waals surface area contributed by atoms with Crippen molar-refractivity contribution >= 4 is 11.6 Å². The number of rotatable bonds is 6. The summed E-state index contributed by atoms with van der Waals surface area (Å²) in [5.74, 6) is 0.144. The summed E-state index contributed by atoms with van der Waals surface area (Å²) in [7, 11) is 8.30. The first-order chi connectivity index (χ1) is 9.32. The van der Waals surface area contributed by atoms with Gasteiger partial charge in [-0.05, 0) is 12.1 Å². The van der Waals surface area contributed by atoms with E-state index in [1.54, 1.807) is 0 Å². The summed E-state index contributed by atoms with van der Waals surface area (Å²) < 4.78 is 0. The number of likely N-dealkylation sites (N-methyl/N-ethyl adjacent to an activating group) is 1. The van der Waals surface area contributed by atoms with Gasteiger partial charge in [0.1, 0.15) is 6.04 Å². The van der Waals surface area contributed by atoms with Gasteiger partial charge in [0, 0.05) is 31.3 Å². The van der Waals surface area contributed by atoms with Crippen molar-refractivity contribution in [2.75, 3.05) is 39.6 Å². The van der Waals surface area contributed by atoms with Crippen LogP contribution >= 0.6 is 0 Å². The van der Waals surface area contributed by atoms with Crippen molar-refractivity contribution in [1.82, 2.24) is 5.32 Å². The van der Waals surface area contributed by atoms with E-state index in [2.05, 4.69) is 48.6 Å². The largest absolute Gasteiger partial charge is 0.378 e. The first-order valence-corrected chi connectivity index (χ1v) is 7.18. The summed E-state index contributed by atoms with van der Waals surface area (Å²) in [6.45, 7) is 4.50. The second kappa shape index (κ2) is 7.29. The number of carbonyl (C=O) groups is 1. The molecule has 0 aliphatic rings. The molecule has 1 aromatic rings. The molecule has 112 valence electrons. The lowest BCUT2D eigenvalue weighted by Crippen LogP contribution is -3.07. The van der Waals surface area contributed by atoms with Gasteiger partial charge in [0.05, 0.1) is 20.6 Å². The molecule has 0 spiro atoms. The Balaban J connectivity index is 2.78. The van der Waals surface area contributed by atoms with Crippen LogP contribution in [0, 0.1) is 5.92 Å². The molecule has 0 saturated heterocycles. The molecule has 20 heavy (non-hydrogen) atoms. The highest BCUT2D eigenvalue weighted by molar-refractivity contribution is 5.77. The highest BCUT2D eigenvalue weighted by atomic mass is 16.1. The SMILES string of the molecule is CC(C)C(=O)NC[C@@H](c1ccc(N(C)C)cc1)[NH+](C)C. The molecule has 1 atom stereocenters. The minimum atomic E-state index is 0.0314. The van der Waals surface area contributed by atoms with Crippen molar-refractivity contribution in [2.45, 2.75) is 19.9 Å². The highest BCUT2D eigenvalue weighted by Gasteiger charge is 2.19. The first kappa shape index (κ1) is 16.5. The molecule has 0 fully saturated rings. The molecule has 1 amide bonds. The summed E-state index contributed by atoms with van der Waals surface area (Å²) in [4.78, 5) is 15.1. The van der Waals surface area contributed by atoms with Gasteiger partial charge >= 0.3 is 0 Å². The van der Waals surface area contributed by atoms with E-state index in [4.69, 9.17) is 0 Å². The molecule has 0 aliphatic heterocycles. The predicted molar refractivity (Wildman–Crippen MR) is 84.2 cm³/mol. The maximum Gasteiger partial charge on any atom is 0.222 e. The van der Waals surface area contributed by atoms with Crippen molar-refractivity contribution in [1.29, 1.82) is 0 Å². The molecular formula is C16H28N3O+. The van der Waals surface area contributed by atoms with Gasteiger partial charge in [0.15, 0.2) is 0 Å².